The SMILES string of the molecule is Cc1ccc(C(=O)[C@@H](C(=S)NCc2ccccc2)[n+]2ccccc2)cc1[N+](=O)[O-]. The van der Waals surface area contributed by atoms with Crippen LogP contribution >= 0.6 is 12.2 Å². The smallest absolute Gasteiger partial charge is 0.273 e. The van der Waals surface area contributed by atoms with Gasteiger partial charge in [0, 0.05) is 35.9 Å². The summed E-state index contributed by atoms with van der Waals surface area (Å²) in [6.45, 7) is 2.12. The summed E-state index contributed by atoms with van der Waals surface area (Å²) in [5.41, 5.74) is 1.69. The maximum atomic E-state index is 13.3. The van der Waals surface area contributed by atoms with Gasteiger partial charge in [-0.05, 0) is 12.5 Å². The molecule has 3 rings (SSSR count). The first-order chi connectivity index (χ1) is 14.0. The van der Waals surface area contributed by atoms with E-state index in [9.17, 15) is 14.9 Å². The van der Waals surface area contributed by atoms with E-state index in [1.165, 1.54) is 6.07 Å². The fourth-order valence-electron chi connectivity index (χ4n) is 2.97. The number of ketones is 1. The lowest BCUT2D eigenvalue weighted by Crippen LogP contribution is -2.51. The molecule has 0 amide bonds. The van der Waals surface area contributed by atoms with E-state index in [1.54, 1.807) is 48.1 Å². The maximum Gasteiger partial charge on any atom is 0.273 e. The third kappa shape index (κ3) is 4.89. The van der Waals surface area contributed by atoms with Gasteiger partial charge in [0.25, 0.3) is 11.7 Å². The topological polar surface area (TPSA) is 76.1 Å². The Morgan fingerprint density at radius 2 is 1.76 bits per heavy atom. The number of nitro groups is 1. The van der Waals surface area contributed by atoms with E-state index >= 15 is 0 Å². The average Bonchev–Trinajstić information content (AvgIpc) is 2.74. The van der Waals surface area contributed by atoms with Crippen molar-refractivity contribution in [2.75, 3.05) is 0 Å². The molecule has 0 aliphatic rings. The van der Waals surface area contributed by atoms with Crippen LogP contribution in [0.25, 0.3) is 0 Å². The molecular weight excluding hydrogens is 386 g/mol. The Bertz CT molecular complexity index is 1040. The van der Waals surface area contributed by atoms with E-state index in [4.69, 9.17) is 12.2 Å². The molecule has 0 bridgehead atoms. The monoisotopic (exact) mass is 406 g/mol. The Morgan fingerprint density at radius 1 is 1.10 bits per heavy atom. The highest BCUT2D eigenvalue weighted by molar-refractivity contribution is 7.80. The molecule has 0 spiro atoms. The summed E-state index contributed by atoms with van der Waals surface area (Å²) in [6, 6.07) is 18.9. The molecule has 0 saturated carbocycles. The van der Waals surface area contributed by atoms with E-state index in [1.807, 2.05) is 36.4 Å². The molecule has 1 N–H and O–H groups in total. The van der Waals surface area contributed by atoms with Crippen molar-refractivity contribution in [3.8, 4) is 0 Å². The fourth-order valence-corrected chi connectivity index (χ4v) is 3.27. The second-order valence-electron chi connectivity index (χ2n) is 6.55. The largest absolute Gasteiger partial charge is 0.370 e. The van der Waals surface area contributed by atoms with Crippen LogP contribution < -0.4 is 9.88 Å². The number of rotatable bonds is 7. The minimum Gasteiger partial charge on any atom is -0.370 e. The first kappa shape index (κ1) is 20.3. The Kier molecular flexibility index (Phi) is 6.41. The highest BCUT2D eigenvalue weighted by Gasteiger charge is 2.33. The predicted molar refractivity (Wildman–Crippen MR) is 114 cm³/mol. The molecule has 6 nitrogen and oxygen atoms in total. The molecule has 1 heterocycles. The Labute approximate surface area is 174 Å². The van der Waals surface area contributed by atoms with Crippen LogP contribution in [0.5, 0.6) is 0 Å². The number of hydrogen-bond donors (Lipinski definition) is 1. The summed E-state index contributed by atoms with van der Waals surface area (Å²) in [6.07, 6.45) is 3.50. The maximum absolute atomic E-state index is 13.3. The molecule has 0 fully saturated rings. The van der Waals surface area contributed by atoms with Gasteiger partial charge in [-0.3, -0.25) is 14.9 Å². The first-order valence-corrected chi connectivity index (χ1v) is 9.45. The molecule has 1 atom stereocenters. The minimum absolute atomic E-state index is 0.0872. The van der Waals surface area contributed by atoms with Crippen LogP contribution in [0.3, 0.4) is 0 Å². The summed E-state index contributed by atoms with van der Waals surface area (Å²) >= 11 is 5.56. The van der Waals surface area contributed by atoms with Crippen LogP contribution in [0.2, 0.25) is 0 Å². The van der Waals surface area contributed by atoms with Gasteiger partial charge in [0.1, 0.15) is 0 Å². The number of thiocarbonyl (C=S) groups is 1. The molecule has 146 valence electrons. The summed E-state index contributed by atoms with van der Waals surface area (Å²) in [7, 11) is 0. The highest BCUT2D eigenvalue weighted by Crippen LogP contribution is 2.22. The van der Waals surface area contributed by atoms with E-state index in [2.05, 4.69) is 5.32 Å². The normalized spacial score (nSPS) is 11.5. The van der Waals surface area contributed by atoms with Gasteiger partial charge in [-0.25, -0.2) is 0 Å². The molecule has 1 aromatic heterocycles. The Hall–Kier alpha value is -3.45. The van der Waals surface area contributed by atoms with E-state index in [-0.39, 0.29) is 17.0 Å². The second-order valence-corrected chi connectivity index (χ2v) is 6.99. The van der Waals surface area contributed by atoms with Crippen molar-refractivity contribution < 1.29 is 14.3 Å². The van der Waals surface area contributed by atoms with Crippen molar-refractivity contribution in [1.82, 2.24) is 5.32 Å². The van der Waals surface area contributed by atoms with Crippen molar-refractivity contribution in [3.63, 3.8) is 0 Å². The number of aryl methyl sites for hydroxylation is 1. The number of hydrogen-bond acceptors (Lipinski definition) is 4. The number of carbonyl (C=O) groups excluding carboxylic acids is 1. The van der Waals surface area contributed by atoms with Gasteiger partial charge in [0.05, 0.1) is 4.92 Å². The quantitative estimate of drug-likeness (QED) is 0.213. The molecule has 7 heteroatoms. The Morgan fingerprint density at radius 3 is 2.41 bits per heavy atom. The van der Waals surface area contributed by atoms with Crippen LogP contribution in [0.1, 0.15) is 27.5 Å². The number of carbonyl (C=O) groups is 1. The zero-order valence-corrected chi connectivity index (χ0v) is 16.6. The number of aromatic nitrogens is 1. The molecule has 2 aromatic carbocycles. The van der Waals surface area contributed by atoms with Crippen molar-refractivity contribution in [1.29, 1.82) is 0 Å². The number of pyridine rings is 1. The van der Waals surface area contributed by atoms with Gasteiger partial charge in [-0.2, -0.15) is 4.57 Å². The summed E-state index contributed by atoms with van der Waals surface area (Å²) in [5, 5.41) is 14.4. The van der Waals surface area contributed by atoms with Gasteiger partial charge in [-0.15, -0.1) is 0 Å². The molecule has 0 aliphatic carbocycles. The molecule has 29 heavy (non-hydrogen) atoms. The first-order valence-electron chi connectivity index (χ1n) is 9.04. The summed E-state index contributed by atoms with van der Waals surface area (Å²) in [5.74, 6) is -0.310. The average molecular weight is 406 g/mol. The van der Waals surface area contributed by atoms with Crippen LogP contribution in [0.15, 0.2) is 79.1 Å². The lowest BCUT2D eigenvalue weighted by Gasteiger charge is -2.15. The summed E-state index contributed by atoms with van der Waals surface area (Å²) in [4.78, 5) is 24.5. The highest BCUT2D eigenvalue weighted by atomic mass is 32.1. The fraction of sp³-hybridized carbons (Fsp3) is 0.136. The van der Waals surface area contributed by atoms with Gasteiger partial charge >= 0.3 is 0 Å². The number of nitrogens with zero attached hydrogens (tertiary/aromatic N) is 2. The molecular formula is C22H20N3O3S+. The number of benzene rings is 2. The molecule has 0 unspecified atom stereocenters. The zero-order valence-electron chi connectivity index (χ0n) is 15.8. The second kappa shape index (κ2) is 9.16. The third-order valence-corrected chi connectivity index (χ3v) is 4.90. The molecule has 0 radical (unpaired) electrons. The number of nitro benzene ring substituents is 1. The molecule has 0 saturated heterocycles. The van der Waals surface area contributed by atoms with Gasteiger partial charge in [0.2, 0.25) is 5.78 Å². The molecule has 3 aromatic rings. The number of nitrogens with one attached hydrogen (secondary N) is 1. The van der Waals surface area contributed by atoms with Crippen LogP contribution in [0, 0.1) is 17.0 Å². The van der Waals surface area contributed by atoms with E-state index in [0.29, 0.717) is 17.1 Å². The summed E-state index contributed by atoms with van der Waals surface area (Å²) < 4.78 is 1.70. The van der Waals surface area contributed by atoms with E-state index < -0.39 is 11.0 Å². The van der Waals surface area contributed by atoms with Crippen molar-refractivity contribution in [3.05, 3.63) is 106 Å². The molecule has 0 aliphatic heterocycles. The van der Waals surface area contributed by atoms with Gasteiger partial charge in [-0.1, -0.05) is 60.7 Å². The van der Waals surface area contributed by atoms with Crippen LogP contribution in [-0.2, 0) is 6.54 Å². The van der Waals surface area contributed by atoms with Gasteiger partial charge < -0.3 is 5.32 Å². The van der Waals surface area contributed by atoms with E-state index in [0.717, 1.165) is 5.56 Å². The van der Waals surface area contributed by atoms with Crippen molar-refractivity contribution >= 4 is 28.7 Å². The predicted octanol–water partition coefficient (Wildman–Crippen LogP) is 3.73. The standard InChI is InChI=1S/C22H19N3O3S/c1-16-10-11-18(14-19(16)25(27)28)21(26)20(24-12-6-3-7-13-24)22(29)23-15-17-8-4-2-5-9-17/h2-14,20H,15H2,1H3/p+1/t20-/m0/s1. The lowest BCUT2D eigenvalue weighted by molar-refractivity contribution is -0.692. The van der Waals surface area contributed by atoms with Crippen molar-refractivity contribution in [2.24, 2.45) is 0 Å². The van der Waals surface area contributed by atoms with Crippen LogP contribution in [0.4, 0.5) is 5.69 Å². The van der Waals surface area contributed by atoms with Gasteiger partial charge in [0.15, 0.2) is 17.4 Å². The third-order valence-electron chi connectivity index (χ3n) is 4.53. The number of Topliss-reactive ketones (excluding diaryl/α,β-unsaturated/α-hetero) is 1. The zero-order chi connectivity index (χ0) is 20.8. The van der Waals surface area contributed by atoms with Crippen LogP contribution in [-0.4, -0.2) is 15.7 Å². The lowest BCUT2D eigenvalue weighted by atomic mass is 10.0. The van der Waals surface area contributed by atoms with Crippen molar-refractivity contribution in [2.45, 2.75) is 19.5 Å². The Balaban J connectivity index is 1.91. The minimum atomic E-state index is -0.808.